The van der Waals surface area contributed by atoms with Crippen LogP contribution in [0.4, 0.5) is 5.69 Å². The number of thioether (sulfide) groups is 1. The number of amides is 2. The highest BCUT2D eigenvalue weighted by molar-refractivity contribution is 7.99. The standard InChI is InChI=1S/C26H31N5O6S/c1-31-16-27-29-26(31)38-15-21-13-22(18-7-5-17(14-32)6-8-18)37-25(36-21)19-9-11-20(12-10-19)28-23(33)3-2-4-24(34)30-35/h5-12,16,21-22,25,32,35H,2-4,13-15H2,1H3,(H,28,33)(H,30,34)/t21-,22+,25+/m1/s1. The summed E-state index contributed by atoms with van der Waals surface area (Å²) in [6.45, 7) is -0.0185. The Morgan fingerprint density at radius 1 is 1.05 bits per heavy atom. The predicted molar refractivity (Wildman–Crippen MR) is 139 cm³/mol. The second-order valence-electron chi connectivity index (χ2n) is 8.94. The molecule has 11 nitrogen and oxygen atoms in total. The molecule has 0 aliphatic carbocycles. The summed E-state index contributed by atoms with van der Waals surface area (Å²) in [6.07, 6.45) is 1.93. The minimum Gasteiger partial charge on any atom is -0.392 e. The minimum atomic E-state index is -0.613. The molecule has 0 bridgehead atoms. The minimum absolute atomic E-state index is 0.0185. The van der Waals surface area contributed by atoms with E-state index in [4.69, 9.17) is 14.7 Å². The molecule has 2 heterocycles. The molecule has 0 unspecified atom stereocenters. The van der Waals surface area contributed by atoms with Crippen LogP contribution in [0.25, 0.3) is 0 Å². The van der Waals surface area contributed by atoms with Crippen LogP contribution in [0.2, 0.25) is 0 Å². The van der Waals surface area contributed by atoms with E-state index in [0.29, 0.717) is 24.3 Å². The highest BCUT2D eigenvalue weighted by atomic mass is 32.2. The second kappa shape index (κ2) is 13.5. The number of anilines is 1. The maximum Gasteiger partial charge on any atom is 0.243 e. The third kappa shape index (κ3) is 7.62. The topological polar surface area (TPSA) is 148 Å². The number of benzene rings is 2. The molecule has 0 spiro atoms. The van der Waals surface area contributed by atoms with Gasteiger partial charge in [0, 0.05) is 43.3 Å². The molecule has 1 fully saturated rings. The first kappa shape index (κ1) is 27.7. The monoisotopic (exact) mass is 541 g/mol. The van der Waals surface area contributed by atoms with Crippen molar-refractivity contribution in [3.05, 3.63) is 71.5 Å². The predicted octanol–water partition coefficient (Wildman–Crippen LogP) is 3.26. The number of hydrogen-bond acceptors (Lipinski definition) is 9. The Labute approximate surface area is 224 Å². The Bertz CT molecular complexity index is 1200. The first-order valence-electron chi connectivity index (χ1n) is 12.3. The number of nitrogens with one attached hydrogen (secondary N) is 2. The Morgan fingerprint density at radius 3 is 2.42 bits per heavy atom. The molecule has 202 valence electrons. The summed E-state index contributed by atoms with van der Waals surface area (Å²) < 4.78 is 14.5. The number of carbonyl (C=O) groups is 2. The van der Waals surface area contributed by atoms with Gasteiger partial charge in [0.25, 0.3) is 0 Å². The van der Waals surface area contributed by atoms with Crippen molar-refractivity contribution in [2.24, 2.45) is 7.05 Å². The maximum atomic E-state index is 12.2. The number of aliphatic hydroxyl groups is 1. The van der Waals surface area contributed by atoms with E-state index in [9.17, 15) is 14.7 Å². The molecular weight excluding hydrogens is 510 g/mol. The fourth-order valence-corrected chi connectivity index (χ4v) is 4.91. The Balaban J connectivity index is 1.42. The van der Waals surface area contributed by atoms with Gasteiger partial charge in [-0.15, -0.1) is 10.2 Å². The van der Waals surface area contributed by atoms with Crippen molar-refractivity contribution in [1.82, 2.24) is 20.2 Å². The summed E-state index contributed by atoms with van der Waals surface area (Å²) in [5.74, 6) is -0.0773. The average molecular weight is 542 g/mol. The van der Waals surface area contributed by atoms with Gasteiger partial charge in [-0.1, -0.05) is 48.2 Å². The summed E-state index contributed by atoms with van der Waals surface area (Å²) in [4.78, 5) is 23.3. The van der Waals surface area contributed by atoms with Crippen LogP contribution in [0.5, 0.6) is 0 Å². The van der Waals surface area contributed by atoms with Crippen LogP contribution < -0.4 is 10.8 Å². The van der Waals surface area contributed by atoms with E-state index in [-0.39, 0.29) is 37.6 Å². The molecule has 3 atom stereocenters. The van der Waals surface area contributed by atoms with Gasteiger partial charge in [-0.3, -0.25) is 14.8 Å². The zero-order valence-corrected chi connectivity index (χ0v) is 21.8. The molecule has 3 aromatic rings. The van der Waals surface area contributed by atoms with Gasteiger partial charge in [0.1, 0.15) is 6.33 Å². The van der Waals surface area contributed by atoms with Gasteiger partial charge >= 0.3 is 0 Å². The van der Waals surface area contributed by atoms with Crippen molar-refractivity contribution < 1.29 is 29.4 Å². The second-order valence-corrected chi connectivity index (χ2v) is 9.93. The summed E-state index contributed by atoms with van der Waals surface area (Å²) in [7, 11) is 1.90. The zero-order chi connectivity index (χ0) is 26.9. The van der Waals surface area contributed by atoms with E-state index >= 15 is 0 Å². The van der Waals surface area contributed by atoms with Crippen LogP contribution in [0.15, 0.2) is 60.0 Å². The number of hydroxylamine groups is 1. The number of aromatic nitrogens is 3. The normalized spacial score (nSPS) is 19.2. The molecule has 4 N–H and O–H groups in total. The lowest BCUT2D eigenvalue weighted by molar-refractivity contribution is -0.245. The lowest BCUT2D eigenvalue weighted by Gasteiger charge is -2.36. The Morgan fingerprint density at radius 2 is 1.76 bits per heavy atom. The van der Waals surface area contributed by atoms with Crippen LogP contribution in [-0.2, 0) is 32.7 Å². The fraction of sp³-hybridized carbons (Fsp3) is 0.385. The van der Waals surface area contributed by atoms with Gasteiger partial charge in [0.05, 0.1) is 18.8 Å². The molecule has 0 radical (unpaired) electrons. The van der Waals surface area contributed by atoms with E-state index in [1.807, 2.05) is 48.0 Å². The molecule has 2 amide bonds. The van der Waals surface area contributed by atoms with Crippen LogP contribution in [0.1, 0.15) is 54.8 Å². The molecule has 1 aromatic heterocycles. The molecule has 4 rings (SSSR count). The SMILES string of the molecule is Cn1cnnc1SC[C@H]1C[C@@H](c2ccc(CO)cc2)O[C@@H](c2ccc(NC(=O)CCCC(=O)NO)cc2)O1. The number of ether oxygens (including phenoxy) is 2. The van der Waals surface area contributed by atoms with Gasteiger partial charge in [-0.05, 0) is 29.7 Å². The number of carbonyl (C=O) groups excluding carboxylic acids is 2. The first-order valence-corrected chi connectivity index (χ1v) is 13.2. The van der Waals surface area contributed by atoms with Crippen molar-refractivity contribution in [3.8, 4) is 0 Å². The smallest absolute Gasteiger partial charge is 0.243 e. The Kier molecular flexibility index (Phi) is 9.85. The molecule has 38 heavy (non-hydrogen) atoms. The summed E-state index contributed by atoms with van der Waals surface area (Å²) >= 11 is 1.57. The zero-order valence-electron chi connectivity index (χ0n) is 20.9. The van der Waals surface area contributed by atoms with Crippen molar-refractivity contribution in [2.45, 2.75) is 55.9 Å². The van der Waals surface area contributed by atoms with E-state index in [2.05, 4.69) is 15.5 Å². The quantitative estimate of drug-likeness (QED) is 0.163. The molecule has 2 aromatic carbocycles. The van der Waals surface area contributed by atoms with Gasteiger partial charge in [-0.25, -0.2) is 5.48 Å². The number of aliphatic hydroxyl groups excluding tert-OH is 1. The summed E-state index contributed by atoms with van der Waals surface area (Å²) in [5, 5.41) is 29.6. The van der Waals surface area contributed by atoms with Gasteiger partial charge in [0.2, 0.25) is 11.8 Å². The summed E-state index contributed by atoms with van der Waals surface area (Å²) in [6, 6.07) is 15.0. The van der Waals surface area contributed by atoms with Crippen LogP contribution in [-0.4, -0.2) is 48.7 Å². The van der Waals surface area contributed by atoms with Crippen LogP contribution >= 0.6 is 11.8 Å². The maximum absolute atomic E-state index is 12.2. The first-order chi connectivity index (χ1) is 18.4. The van der Waals surface area contributed by atoms with Crippen molar-refractivity contribution >= 4 is 29.3 Å². The molecule has 1 saturated heterocycles. The highest BCUT2D eigenvalue weighted by Crippen LogP contribution is 2.39. The van der Waals surface area contributed by atoms with Gasteiger partial charge in [0.15, 0.2) is 11.4 Å². The van der Waals surface area contributed by atoms with E-state index in [1.165, 1.54) is 0 Å². The van der Waals surface area contributed by atoms with Gasteiger partial charge in [-0.2, -0.15) is 0 Å². The van der Waals surface area contributed by atoms with E-state index in [0.717, 1.165) is 21.8 Å². The third-order valence-electron chi connectivity index (χ3n) is 6.08. The van der Waals surface area contributed by atoms with Crippen molar-refractivity contribution in [2.75, 3.05) is 11.1 Å². The van der Waals surface area contributed by atoms with E-state index < -0.39 is 12.2 Å². The molecule has 0 saturated carbocycles. The van der Waals surface area contributed by atoms with Crippen LogP contribution in [0, 0.1) is 0 Å². The van der Waals surface area contributed by atoms with Crippen LogP contribution in [0.3, 0.4) is 0 Å². The van der Waals surface area contributed by atoms with Crippen molar-refractivity contribution in [1.29, 1.82) is 0 Å². The largest absolute Gasteiger partial charge is 0.392 e. The number of nitrogens with zero attached hydrogens (tertiary/aromatic N) is 3. The summed E-state index contributed by atoms with van der Waals surface area (Å²) in [5.41, 5.74) is 4.82. The number of rotatable bonds is 11. The lowest BCUT2D eigenvalue weighted by atomic mass is 10.0. The number of aryl methyl sites for hydroxylation is 1. The third-order valence-corrected chi connectivity index (χ3v) is 7.25. The molecule has 1 aliphatic heterocycles. The van der Waals surface area contributed by atoms with E-state index in [1.54, 1.807) is 35.7 Å². The van der Waals surface area contributed by atoms with Crippen molar-refractivity contribution in [3.63, 3.8) is 0 Å². The molecular formula is C26H31N5O6S. The molecule has 12 heteroatoms. The highest BCUT2D eigenvalue weighted by Gasteiger charge is 2.32. The van der Waals surface area contributed by atoms with Gasteiger partial charge < -0.3 is 24.5 Å². The lowest BCUT2D eigenvalue weighted by Crippen LogP contribution is -2.31. The Hall–Kier alpha value is -3.29. The molecule has 1 aliphatic rings. The number of hydrogen-bond donors (Lipinski definition) is 4. The fourth-order valence-electron chi connectivity index (χ4n) is 4.01. The average Bonchev–Trinajstić information content (AvgIpc) is 3.36.